The monoisotopic (exact) mass is 368 g/mol. The van der Waals surface area contributed by atoms with Crippen LogP contribution in [0.4, 0.5) is 0 Å². The van der Waals surface area contributed by atoms with E-state index in [1.165, 1.54) is 25.9 Å². The van der Waals surface area contributed by atoms with Crippen molar-refractivity contribution in [2.24, 2.45) is 16.6 Å². The van der Waals surface area contributed by atoms with Crippen LogP contribution < -0.4 is 11.1 Å². The first-order valence-corrected chi connectivity index (χ1v) is 6.79. The number of aliphatic imine (C=N–C) groups is 1. The molecule has 108 valence electrons. The maximum Gasteiger partial charge on any atom is 0.188 e. The summed E-state index contributed by atoms with van der Waals surface area (Å²) >= 11 is 0. The molecule has 1 aliphatic heterocycles. The summed E-state index contributed by atoms with van der Waals surface area (Å²) in [5.41, 5.74) is 5.79. The van der Waals surface area contributed by atoms with Crippen LogP contribution in [0.2, 0.25) is 0 Å². The summed E-state index contributed by atoms with van der Waals surface area (Å²) in [6, 6.07) is 0.847. The number of likely N-dealkylation sites (tertiary alicyclic amines) is 1. The van der Waals surface area contributed by atoms with Crippen LogP contribution in [-0.4, -0.2) is 42.6 Å². The molecule has 0 aromatic carbocycles. The van der Waals surface area contributed by atoms with Gasteiger partial charge in [-0.1, -0.05) is 6.92 Å². The van der Waals surface area contributed by atoms with Gasteiger partial charge in [0.1, 0.15) is 0 Å². The van der Waals surface area contributed by atoms with Crippen molar-refractivity contribution in [3.63, 3.8) is 0 Å². The standard InChI is InChI=1S/C13H28N4.HI/c1-10(2)16-13(14)15-9-12(4)17-7-5-11(3)6-8-17;/h10-12H,5-9H2,1-4H3,(H3,14,15,16);1H. The molecule has 1 rings (SSSR count). The molecule has 1 atom stereocenters. The average molecular weight is 368 g/mol. The lowest BCUT2D eigenvalue weighted by molar-refractivity contribution is 0.150. The lowest BCUT2D eigenvalue weighted by Gasteiger charge is -2.34. The first-order chi connectivity index (χ1) is 7.99. The van der Waals surface area contributed by atoms with Gasteiger partial charge in [-0.3, -0.25) is 9.89 Å². The van der Waals surface area contributed by atoms with Crippen molar-refractivity contribution in [1.29, 1.82) is 0 Å². The van der Waals surface area contributed by atoms with E-state index in [-0.39, 0.29) is 24.0 Å². The Labute approximate surface area is 129 Å². The normalized spacial score (nSPS) is 20.6. The van der Waals surface area contributed by atoms with Crippen LogP contribution in [-0.2, 0) is 0 Å². The molecule has 18 heavy (non-hydrogen) atoms. The van der Waals surface area contributed by atoms with E-state index in [1.807, 2.05) is 0 Å². The minimum Gasteiger partial charge on any atom is -0.370 e. The number of rotatable bonds is 4. The van der Waals surface area contributed by atoms with E-state index in [0.717, 1.165) is 12.5 Å². The number of nitrogens with two attached hydrogens (primary N) is 1. The van der Waals surface area contributed by atoms with Gasteiger partial charge >= 0.3 is 0 Å². The molecule has 0 bridgehead atoms. The third-order valence-corrected chi connectivity index (χ3v) is 3.40. The first kappa shape index (κ1) is 18.0. The fourth-order valence-electron chi connectivity index (χ4n) is 2.16. The number of nitrogens with one attached hydrogen (secondary N) is 1. The van der Waals surface area contributed by atoms with Crippen molar-refractivity contribution in [3.05, 3.63) is 0 Å². The van der Waals surface area contributed by atoms with Crippen molar-refractivity contribution >= 4 is 29.9 Å². The number of halogens is 1. The molecular weight excluding hydrogens is 339 g/mol. The molecule has 1 fully saturated rings. The molecule has 1 saturated heterocycles. The third kappa shape index (κ3) is 6.78. The van der Waals surface area contributed by atoms with E-state index in [4.69, 9.17) is 5.73 Å². The summed E-state index contributed by atoms with van der Waals surface area (Å²) in [5, 5.41) is 3.12. The number of nitrogens with zero attached hydrogens (tertiary/aromatic N) is 2. The first-order valence-electron chi connectivity index (χ1n) is 6.79. The highest BCUT2D eigenvalue weighted by atomic mass is 127. The van der Waals surface area contributed by atoms with Gasteiger partial charge in [-0.2, -0.15) is 0 Å². The summed E-state index contributed by atoms with van der Waals surface area (Å²) in [7, 11) is 0. The average Bonchev–Trinajstić information content (AvgIpc) is 2.26. The van der Waals surface area contributed by atoms with E-state index in [0.29, 0.717) is 18.0 Å². The topological polar surface area (TPSA) is 53.6 Å². The molecule has 0 aliphatic carbocycles. The Hall–Kier alpha value is -0.0400. The smallest absolute Gasteiger partial charge is 0.188 e. The van der Waals surface area contributed by atoms with Crippen LogP contribution >= 0.6 is 24.0 Å². The fraction of sp³-hybridized carbons (Fsp3) is 0.923. The van der Waals surface area contributed by atoms with Gasteiger partial charge in [-0.15, -0.1) is 24.0 Å². The SMILES string of the molecule is CC1CCN(C(C)CN=C(N)NC(C)C)CC1.I. The molecular formula is C13H29IN4. The molecule has 0 spiro atoms. The molecule has 0 radical (unpaired) electrons. The Kier molecular flexibility index (Phi) is 8.94. The zero-order chi connectivity index (χ0) is 12.8. The Morgan fingerprint density at radius 3 is 2.39 bits per heavy atom. The predicted molar refractivity (Wildman–Crippen MR) is 89.6 cm³/mol. The highest BCUT2D eigenvalue weighted by Crippen LogP contribution is 2.17. The zero-order valence-corrected chi connectivity index (χ0v) is 14.5. The molecule has 0 aromatic heterocycles. The molecule has 0 aromatic rings. The van der Waals surface area contributed by atoms with Gasteiger partial charge in [0, 0.05) is 12.1 Å². The fourth-order valence-corrected chi connectivity index (χ4v) is 2.16. The second-order valence-electron chi connectivity index (χ2n) is 5.59. The van der Waals surface area contributed by atoms with Gasteiger partial charge in [-0.05, 0) is 52.6 Å². The van der Waals surface area contributed by atoms with Crippen LogP contribution in [0.15, 0.2) is 4.99 Å². The van der Waals surface area contributed by atoms with Crippen LogP contribution in [0.25, 0.3) is 0 Å². The number of guanidine groups is 1. The van der Waals surface area contributed by atoms with Crippen LogP contribution in [0.5, 0.6) is 0 Å². The Balaban J connectivity index is 0.00000289. The van der Waals surface area contributed by atoms with E-state index in [9.17, 15) is 0 Å². The zero-order valence-electron chi connectivity index (χ0n) is 12.1. The van der Waals surface area contributed by atoms with Gasteiger partial charge in [0.15, 0.2) is 5.96 Å². The van der Waals surface area contributed by atoms with Crippen LogP contribution in [0.1, 0.15) is 40.5 Å². The highest BCUT2D eigenvalue weighted by Gasteiger charge is 2.19. The maximum absolute atomic E-state index is 5.79. The van der Waals surface area contributed by atoms with Crippen molar-refractivity contribution in [2.45, 2.75) is 52.6 Å². The van der Waals surface area contributed by atoms with Gasteiger partial charge in [0.25, 0.3) is 0 Å². The summed E-state index contributed by atoms with van der Waals surface area (Å²) in [4.78, 5) is 6.92. The molecule has 0 saturated carbocycles. The lowest BCUT2D eigenvalue weighted by atomic mass is 9.98. The molecule has 4 nitrogen and oxygen atoms in total. The van der Waals surface area contributed by atoms with Gasteiger partial charge < -0.3 is 11.1 Å². The highest BCUT2D eigenvalue weighted by molar-refractivity contribution is 14.0. The van der Waals surface area contributed by atoms with Crippen molar-refractivity contribution in [1.82, 2.24) is 10.2 Å². The van der Waals surface area contributed by atoms with E-state index >= 15 is 0 Å². The summed E-state index contributed by atoms with van der Waals surface area (Å²) in [6.45, 7) is 11.9. The minimum atomic E-state index is 0. The molecule has 1 aliphatic rings. The second kappa shape index (κ2) is 8.96. The summed E-state index contributed by atoms with van der Waals surface area (Å²) in [6.07, 6.45) is 2.63. The predicted octanol–water partition coefficient (Wildman–Crippen LogP) is 2.04. The molecule has 3 N–H and O–H groups in total. The Morgan fingerprint density at radius 2 is 1.89 bits per heavy atom. The van der Waals surface area contributed by atoms with Crippen LogP contribution in [0, 0.1) is 5.92 Å². The van der Waals surface area contributed by atoms with E-state index in [2.05, 4.69) is 42.9 Å². The van der Waals surface area contributed by atoms with E-state index < -0.39 is 0 Å². The molecule has 0 amide bonds. The Morgan fingerprint density at radius 1 is 1.33 bits per heavy atom. The number of hydrogen-bond donors (Lipinski definition) is 2. The second-order valence-corrected chi connectivity index (χ2v) is 5.59. The van der Waals surface area contributed by atoms with E-state index in [1.54, 1.807) is 0 Å². The van der Waals surface area contributed by atoms with Crippen molar-refractivity contribution in [2.75, 3.05) is 19.6 Å². The largest absolute Gasteiger partial charge is 0.370 e. The van der Waals surface area contributed by atoms with Gasteiger partial charge in [0.2, 0.25) is 0 Å². The summed E-state index contributed by atoms with van der Waals surface area (Å²) < 4.78 is 0. The van der Waals surface area contributed by atoms with Crippen molar-refractivity contribution < 1.29 is 0 Å². The Bertz CT molecular complexity index is 247. The van der Waals surface area contributed by atoms with Crippen LogP contribution in [0.3, 0.4) is 0 Å². The molecule has 5 heteroatoms. The number of hydrogen-bond acceptors (Lipinski definition) is 2. The van der Waals surface area contributed by atoms with Gasteiger partial charge in [0.05, 0.1) is 6.54 Å². The maximum atomic E-state index is 5.79. The van der Waals surface area contributed by atoms with Gasteiger partial charge in [-0.25, -0.2) is 0 Å². The van der Waals surface area contributed by atoms with Crippen molar-refractivity contribution in [3.8, 4) is 0 Å². The number of piperidine rings is 1. The third-order valence-electron chi connectivity index (χ3n) is 3.40. The lowest BCUT2D eigenvalue weighted by Crippen LogP contribution is -2.42. The quantitative estimate of drug-likeness (QED) is 0.454. The molecule has 1 unspecified atom stereocenters. The molecule has 1 heterocycles. The summed E-state index contributed by atoms with van der Waals surface area (Å²) in [5.74, 6) is 1.45. The minimum absolute atomic E-state index is 0.